The third-order valence-electron chi connectivity index (χ3n) is 4.08. The number of aromatic amines is 1. The Hall–Kier alpha value is -3.13. The predicted molar refractivity (Wildman–Crippen MR) is 97.8 cm³/mol. The van der Waals surface area contributed by atoms with E-state index >= 15 is 0 Å². The van der Waals surface area contributed by atoms with Gasteiger partial charge in [-0.2, -0.15) is 5.10 Å². The summed E-state index contributed by atoms with van der Waals surface area (Å²) in [6.45, 7) is 4.04. The molecule has 3 heterocycles. The summed E-state index contributed by atoms with van der Waals surface area (Å²) in [5, 5.41) is 4.06. The molecule has 2 aromatic rings. The molecule has 0 aliphatic carbocycles. The monoisotopic (exact) mass is 352 g/mol. The molecule has 134 valence electrons. The van der Waals surface area contributed by atoms with Gasteiger partial charge >= 0.3 is 0 Å². The van der Waals surface area contributed by atoms with E-state index in [0.29, 0.717) is 34.8 Å². The van der Waals surface area contributed by atoms with Gasteiger partial charge in [-0.15, -0.1) is 0 Å². The van der Waals surface area contributed by atoms with E-state index in [9.17, 15) is 9.59 Å². The molecule has 0 radical (unpaired) electrons. The van der Waals surface area contributed by atoms with Gasteiger partial charge in [0, 0.05) is 29.3 Å². The van der Waals surface area contributed by atoms with Crippen molar-refractivity contribution in [3.63, 3.8) is 0 Å². The lowest BCUT2D eigenvalue weighted by Gasteiger charge is -2.08. The van der Waals surface area contributed by atoms with Crippen molar-refractivity contribution in [2.24, 2.45) is 5.10 Å². The van der Waals surface area contributed by atoms with E-state index in [1.165, 1.54) is 0 Å². The summed E-state index contributed by atoms with van der Waals surface area (Å²) in [6.07, 6.45) is 6.34. The van der Waals surface area contributed by atoms with Crippen LogP contribution >= 0.6 is 0 Å². The highest BCUT2D eigenvalue weighted by molar-refractivity contribution is 6.32. The highest BCUT2D eigenvalue weighted by Gasteiger charge is 2.26. The van der Waals surface area contributed by atoms with Crippen LogP contribution in [-0.2, 0) is 4.79 Å². The van der Waals surface area contributed by atoms with Crippen LogP contribution in [0.2, 0.25) is 0 Å². The Morgan fingerprint density at radius 3 is 2.69 bits per heavy atom. The first-order valence-electron chi connectivity index (χ1n) is 8.12. The number of nitrogens with one attached hydrogen (secondary N) is 2. The van der Waals surface area contributed by atoms with Gasteiger partial charge in [0.1, 0.15) is 11.4 Å². The van der Waals surface area contributed by atoms with Gasteiger partial charge in [0.25, 0.3) is 5.91 Å². The lowest BCUT2D eigenvalue weighted by molar-refractivity contribution is -0.116. The van der Waals surface area contributed by atoms with Crippen LogP contribution in [0.4, 0.5) is 0 Å². The van der Waals surface area contributed by atoms with Crippen molar-refractivity contribution in [1.29, 1.82) is 0 Å². The highest BCUT2D eigenvalue weighted by Crippen LogP contribution is 2.23. The number of amides is 1. The van der Waals surface area contributed by atoms with E-state index < -0.39 is 0 Å². The Bertz CT molecular complexity index is 925. The van der Waals surface area contributed by atoms with Gasteiger partial charge in [-0.1, -0.05) is 0 Å². The lowest BCUT2D eigenvalue weighted by Crippen LogP contribution is -2.22. The Morgan fingerprint density at radius 1 is 1.27 bits per heavy atom. The van der Waals surface area contributed by atoms with Crippen LogP contribution in [-0.4, -0.2) is 57.9 Å². The highest BCUT2D eigenvalue weighted by atomic mass is 16.2. The van der Waals surface area contributed by atoms with Gasteiger partial charge in [-0.3, -0.25) is 19.6 Å². The summed E-state index contributed by atoms with van der Waals surface area (Å²) in [5.74, 6) is -0.289. The van der Waals surface area contributed by atoms with Crippen LogP contribution < -0.4 is 5.43 Å². The van der Waals surface area contributed by atoms with Crippen molar-refractivity contribution in [3.05, 3.63) is 52.4 Å². The molecule has 0 unspecified atom stereocenters. The van der Waals surface area contributed by atoms with Crippen molar-refractivity contribution >= 4 is 23.5 Å². The van der Waals surface area contributed by atoms with Gasteiger partial charge in [-0.25, -0.2) is 5.43 Å². The number of hydrazone groups is 1. The second-order valence-corrected chi connectivity index (χ2v) is 6.37. The zero-order valence-electron chi connectivity index (χ0n) is 15.1. The minimum Gasteiger partial charge on any atom is -0.358 e. The molecule has 8 heteroatoms. The molecule has 0 bridgehead atoms. The van der Waals surface area contributed by atoms with Crippen molar-refractivity contribution in [3.8, 4) is 0 Å². The summed E-state index contributed by atoms with van der Waals surface area (Å²) >= 11 is 0. The number of hydrogen-bond donors (Lipinski definition) is 2. The van der Waals surface area contributed by atoms with E-state index in [2.05, 4.69) is 25.5 Å². The summed E-state index contributed by atoms with van der Waals surface area (Å²) in [6, 6.07) is 0. The molecule has 1 aliphatic heterocycles. The number of ketones is 1. The summed E-state index contributed by atoms with van der Waals surface area (Å²) in [7, 11) is 3.70. The first-order chi connectivity index (χ1) is 12.4. The molecule has 1 aliphatic rings. The fourth-order valence-electron chi connectivity index (χ4n) is 2.93. The molecule has 2 N–H and O–H groups in total. The SMILES string of the molecule is Cc1[nH]c(/C=C2/C(=O)NN=C2c2cnccn2)c(C)c1C(=O)CN(C)C. The molecule has 0 aromatic carbocycles. The number of carbonyl (C=O) groups is 2. The minimum atomic E-state index is -0.321. The van der Waals surface area contributed by atoms with Crippen molar-refractivity contribution < 1.29 is 9.59 Å². The zero-order chi connectivity index (χ0) is 18.8. The molecule has 0 spiro atoms. The summed E-state index contributed by atoms with van der Waals surface area (Å²) < 4.78 is 0. The minimum absolute atomic E-state index is 0.0320. The van der Waals surface area contributed by atoms with Gasteiger partial charge < -0.3 is 9.88 Å². The quantitative estimate of drug-likeness (QED) is 0.619. The molecule has 0 atom stereocenters. The molecule has 2 aromatic heterocycles. The van der Waals surface area contributed by atoms with Crippen molar-refractivity contribution in [1.82, 2.24) is 25.3 Å². The Labute approximate surface area is 151 Å². The summed E-state index contributed by atoms with van der Waals surface area (Å²) in [5.41, 5.74) is 6.70. The van der Waals surface area contributed by atoms with Crippen LogP contribution in [0.1, 0.15) is 33.0 Å². The van der Waals surface area contributed by atoms with Crippen LogP contribution in [0, 0.1) is 13.8 Å². The predicted octanol–water partition coefficient (Wildman–Crippen LogP) is 1.08. The van der Waals surface area contributed by atoms with E-state index in [1.54, 1.807) is 24.7 Å². The number of carbonyl (C=O) groups excluding carboxylic acids is 2. The van der Waals surface area contributed by atoms with E-state index in [4.69, 9.17) is 0 Å². The molecule has 26 heavy (non-hydrogen) atoms. The topological polar surface area (TPSA) is 103 Å². The molecular formula is C18H20N6O2. The first kappa shape index (κ1) is 17.7. The smallest absolute Gasteiger partial charge is 0.273 e. The third-order valence-corrected chi connectivity index (χ3v) is 4.08. The van der Waals surface area contributed by atoms with Crippen LogP contribution in [0.25, 0.3) is 6.08 Å². The maximum absolute atomic E-state index is 12.5. The average Bonchev–Trinajstić information content (AvgIpc) is 3.08. The number of nitrogens with zero attached hydrogens (tertiary/aromatic N) is 4. The van der Waals surface area contributed by atoms with Gasteiger partial charge in [0.05, 0.1) is 18.3 Å². The molecular weight excluding hydrogens is 332 g/mol. The number of H-pyrrole nitrogens is 1. The average molecular weight is 352 g/mol. The number of rotatable bonds is 5. The molecule has 8 nitrogen and oxygen atoms in total. The molecule has 3 rings (SSSR count). The number of hydrogen-bond acceptors (Lipinski definition) is 6. The van der Waals surface area contributed by atoms with E-state index in [-0.39, 0.29) is 11.7 Å². The van der Waals surface area contributed by atoms with E-state index in [1.807, 2.05) is 32.8 Å². The normalized spacial score (nSPS) is 15.5. The van der Waals surface area contributed by atoms with Crippen molar-refractivity contribution in [2.45, 2.75) is 13.8 Å². The van der Waals surface area contributed by atoms with Gasteiger partial charge in [-0.05, 0) is 39.6 Å². The largest absolute Gasteiger partial charge is 0.358 e. The summed E-state index contributed by atoms with van der Waals surface area (Å²) in [4.78, 5) is 38.0. The van der Waals surface area contributed by atoms with Gasteiger partial charge in [0.2, 0.25) is 0 Å². The fourth-order valence-corrected chi connectivity index (χ4v) is 2.93. The number of aryl methyl sites for hydroxylation is 1. The second kappa shape index (κ2) is 7.01. The van der Waals surface area contributed by atoms with Gasteiger partial charge in [0.15, 0.2) is 5.78 Å². The number of aromatic nitrogens is 3. The molecule has 0 saturated carbocycles. The molecule has 0 fully saturated rings. The molecule has 1 amide bonds. The standard InChI is InChI=1S/C18H20N6O2/c1-10-13(21-11(2)16(10)15(25)9-24(3)4)7-12-17(22-23-18(12)26)14-8-19-5-6-20-14/h5-8,21H,9H2,1-4H3,(H,23,26)/b12-7+. The van der Waals surface area contributed by atoms with Crippen molar-refractivity contribution in [2.75, 3.05) is 20.6 Å². The molecule has 0 saturated heterocycles. The third kappa shape index (κ3) is 3.31. The fraction of sp³-hybridized carbons (Fsp3) is 0.278. The zero-order valence-corrected chi connectivity index (χ0v) is 15.1. The maximum Gasteiger partial charge on any atom is 0.273 e. The number of Topliss-reactive ketones (excluding diaryl/α,β-unsaturated/α-hetero) is 1. The van der Waals surface area contributed by atoms with Crippen LogP contribution in [0.15, 0.2) is 29.3 Å². The maximum atomic E-state index is 12.5. The Kier molecular flexibility index (Phi) is 4.77. The number of likely N-dealkylation sites (N-methyl/N-ethyl adjacent to an activating group) is 1. The van der Waals surface area contributed by atoms with Crippen LogP contribution in [0.5, 0.6) is 0 Å². The Morgan fingerprint density at radius 2 is 2.04 bits per heavy atom. The lowest BCUT2D eigenvalue weighted by atomic mass is 10.0. The Balaban J connectivity index is 2.01. The second-order valence-electron chi connectivity index (χ2n) is 6.37. The van der Waals surface area contributed by atoms with Crippen LogP contribution in [0.3, 0.4) is 0 Å². The first-order valence-corrected chi connectivity index (χ1v) is 8.12. The van der Waals surface area contributed by atoms with E-state index in [0.717, 1.165) is 11.3 Å².